The maximum atomic E-state index is 3.66. The summed E-state index contributed by atoms with van der Waals surface area (Å²) in [5.41, 5.74) is 2.43. The average molecular weight is 181 g/mol. The topological polar surface area (TPSA) is 0 Å². The van der Waals surface area contributed by atoms with Gasteiger partial charge in [-0.2, -0.15) is 0 Å². The summed E-state index contributed by atoms with van der Waals surface area (Å²) < 4.78 is 0. The Morgan fingerprint density at radius 2 is 2.00 bits per heavy atom. The molecule has 0 nitrogen and oxygen atoms in total. The normalized spacial score (nSPS) is 11.6. The third kappa shape index (κ3) is 3.10. The first-order chi connectivity index (χ1) is 6.88. The summed E-state index contributed by atoms with van der Waals surface area (Å²) in [5.74, 6) is 2.09. The van der Waals surface area contributed by atoms with Crippen molar-refractivity contribution in [3.8, 4) is 0 Å². The monoisotopic (exact) mass is 181 g/mol. The van der Waals surface area contributed by atoms with Crippen LogP contribution >= 0.6 is 0 Å². The SMILES string of the molecule is C=C/C=C\C(=C/[B]C)c1ccccc1. The van der Waals surface area contributed by atoms with Gasteiger partial charge in [-0.1, -0.05) is 62.0 Å². The number of rotatable bonds is 4. The average Bonchev–Trinajstić information content (AvgIpc) is 2.25. The van der Waals surface area contributed by atoms with Crippen LogP contribution < -0.4 is 0 Å². The first-order valence-electron chi connectivity index (χ1n) is 4.72. The largest absolute Gasteiger partial charge is 0.138 e. The first kappa shape index (κ1) is 10.6. The highest BCUT2D eigenvalue weighted by Crippen LogP contribution is 2.14. The van der Waals surface area contributed by atoms with Gasteiger partial charge in [-0.05, 0) is 11.1 Å². The highest BCUT2D eigenvalue weighted by molar-refractivity contribution is 6.42. The fourth-order valence-electron chi connectivity index (χ4n) is 1.23. The van der Waals surface area contributed by atoms with Crippen molar-refractivity contribution >= 4 is 12.9 Å². The Hall–Kier alpha value is -1.50. The summed E-state index contributed by atoms with van der Waals surface area (Å²) in [7, 11) is 2.04. The van der Waals surface area contributed by atoms with Gasteiger partial charge in [0.15, 0.2) is 0 Å². The van der Waals surface area contributed by atoms with Crippen LogP contribution in [0.25, 0.3) is 5.57 Å². The van der Waals surface area contributed by atoms with Gasteiger partial charge in [-0.25, -0.2) is 0 Å². The summed E-state index contributed by atoms with van der Waals surface area (Å²) in [6.07, 6.45) is 5.79. The molecule has 69 valence electrons. The van der Waals surface area contributed by atoms with Gasteiger partial charge in [0, 0.05) is 0 Å². The quantitative estimate of drug-likeness (QED) is 0.492. The molecule has 0 aliphatic rings. The molecule has 14 heavy (non-hydrogen) atoms. The number of hydrogen-bond donors (Lipinski definition) is 0. The third-order valence-corrected chi connectivity index (χ3v) is 1.87. The Morgan fingerprint density at radius 3 is 2.57 bits per heavy atom. The molecule has 1 radical (unpaired) electrons. The minimum Gasteiger partial charge on any atom is -0.115 e. The molecule has 0 amide bonds. The van der Waals surface area contributed by atoms with Crippen molar-refractivity contribution in [3.63, 3.8) is 0 Å². The summed E-state index contributed by atoms with van der Waals surface area (Å²) in [5, 5.41) is 0. The molecule has 0 atom stereocenters. The van der Waals surface area contributed by atoms with E-state index in [-0.39, 0.29) is 0 Å². The Kier molecular flexibility index (Phi) is 4.56. The van der Waals surface area contributed by atoms with Crippen LogP contribution in [-0.2, 0) is 0 Å². The maximum Gasteiger partial charge on any atom is 0.138 e. The van der Waals surface area contributed by atoms with Crippen LogP contribution in [-0.4, -0.2) is 7.28 Å². The zero-order chi connectivity index (χ0) is 10.2. The fraction of sp³-hybridized carbons (Fsp3) is 0.0769. The van der Waals surface area contributed by atoms with Crippen molar-refractivity contribution in [3.05, 3.63) is 66.7 Å². The van der Waals surface area contributed by atoms with Crippen molar-refractivity contribution in [2.45, 2.75) is 6.82 Å². The summed E-state index contributed by atoms with van der Waals surface area (Å²) in [6, 6.07) is 10.3. The van der Waals surface area contributed by atoms with Gasteiger partial charge in [-0.3, -0.25) is 0 Å². The number of allylic oxidation sites excluding steroid dienone is 4. The molecule has 0 aliphatic heterocycles. The minimum absolute atomic E-state index is 1.20. The molecule has 0 aliphatic carbocycles. The molecule has 1 heteroatoms. The van der Waals surface area contributed by atoms with E-state index in [4.69, 9.17) is 0 Å². The van der Waals surface area contributed by atoms with Crippen molar-refractivity contribution in [2.75, 3.05) is 0 Å². The lowest BCUT2D eigenvalue weighted by Crippen LogP contribution is -1.83. The van der Waals surface area contributed by atoms with Gasteiger partial charge >= 0.3 is 0 Å². The van der Waals surface area contributed by atoms with Crippen LogP contribution in [0.5, 0.6) is 0 Å². The van der Waals surface area contributed by atoms with Gasteiger partial charge < -0.3 is 0 Å². The van der Waals surface area contributed by atoms with Gasteiger partial charge in [0.25, 0.3) is 0 Å². The first-order valence-corrected chi connectivity index (χ1v) is 4.72. The lowest BCUT2D eigenvalue weighted by molar-refractivity contribution is 1.62. The van der Waals surface area contributed by atoms with E-state index in [1.807, 2.05) is 38.4 Å². The molecular weight excluding hydrogens is 167 g/mol. The van der Waals surface area contributed by atoms with Crippen LogP contribution in [0.3, 0.4) is 0 Å². The summed E-state index contributed by atoms with van der Waals surface area (Å²) >= 11 is 0. The van der Waals surface area contributed by atoms with Crippen molar-refractivity contribution in [1.82, 2.24) is 0 Å². The predicted molar refractivity (Wildman–Crippen MR) is 65.4 cm³/mol. The molecule has 0 fully saturated rings. The molecule has 0 N–H and O–H groups in total. The second-order valence-corrected chi connectivity index (χ2v) is 2.92. The zero-order valence-corrected chi connectivity index (χ0v) is 8.48. The molecule has 0 bridgehead atoms. The molecule has 0 saturated carbocycles. The van der Waals surface area contributed by atoms with E-state index in [9.17, 15) is 0 Å². The van der Waals surface area contributed by atoms with Gasteiger partial charge in [0.2, 0.25) is 0 Å². The van der Waals surface area contributed by atoms with E-state index < -0.39 is 0 Å². The highest BCUT2D eigenvalue weighted by Gasteiger charge is 1.94. The highest BCUT2D eigenvalue weighted by atomic mass is 14.0. The van der Waals surface area contributed by atoms with E-state index in [2.05, 4.69) is 30.8 Å². The van der Waals surface area contributed by atoms with Crippen molar-refractivity contribution in [2.24, 2.45) is 0 Å². The Bertz CT molecular complexity index is 334. The smallest absolute Gasteiger partial charge is 0.115 e. The van der Waals surface area contributed by atoms with E-state index in [1.165, 1.54) is 11.1 Å². The Labute approximate surface area is 86.9 Å². The van der Waals surface area contributed by atoms with Crippen molar-refractivity contribution in [1.29, 1.82) is 0 Å². The van der Waals surface area contributed by atoms with Gasteiger partial charge in [-0.15, -0.1) is 5.98 Å². The van der Waals surface area contributed by atoms with E-state index in [0.29, 0.717) is 0 Å². The van der Waals surface area contributed by atoms with E-state index in [0.717, 1.165) is 0 Å². The maximum absolute atomic E-state index is 3.66. The Balaban J connectivity index is 2.95. The standard InChI is InChI=1S/C13H14B/c1-3-4-8-13(11-14-2)12-9-6-5-7-10-12/h3-11H,1H2,2H3/b8-4-,13-11+. The van der Waals surface area contributed by atoms with Crippen LogP contribution in [0.1, 0.15) is 5.56 Å². The minimum atomic E-state index is 1.20. The molecule has 0 saturated heterocycles. The van der Waals surface area contributed by atoms with E-state index >= 15 is 0 Å². The number of hydrogen-bond acceptors (Lipinski definition) is 0. The molecule has 0 heterocycles. The molecule has 1 rings (SSSR count). The predicted octanol–water partition coefficient (Wildman–Crippen LogP) is 3.52. The lowest BCUT2D eigenvalue weighted by Gasteiger charge is -2.01. The third-order valence-electron chi connectivity index (χ3n) is 1.87. The second-order valence-electron chi connectivity index (χ2n) is 2.92. The second kappa shape index (κ2) is 6.03. The molecule has 1 aromatic rings. The van der Waals surface area contributed by atoms with Gasteiger partial charge in [0.05, 0.1) is 0 Å². The zero-order valence-electron chi connectivity index (χ0n) is 8.48. The van der Waals surface area contributed by atoms with Gasteiger partial charge in [0.1, 0.15) is 7.28 Å². The van der Waals surface area contributed by atoms with Crippen LogP contribution in [0.2, 0.25) is 6.82 Å². The molecule has 0 aromatic heterocycles. The summed E-state index contributed by atoms with van der Waals surface area (Å²) in [6.45, 7) is 5.68. The van der Waals surface area contributed by atoms with Crippen molar-refractivity contribution < 1.29 is 0 Å². The molecular formula is C13H14B. The molecule has 0 unspecified atom stereocenters. The van der Waals surface area contributed by atoms with Crippen LogP contribution in [0.4, 0.5) is 0 Å². The van der Waals surface area contributed by atoms with Crippen LogP contribution in [0, 0.1) is 0 Å². The van der Waals surface area contributed by atoms with Crippen LogP contribution in [0.15, 0.2) is 61.1 Å². The van der Waals surface area contributed by atoms with E-state index in [1.54, 1.807) is 6.08 Å². The molecule has 0 spiro atoms. The summed E-state index contributed by atoms with van der Waals surface area (Å²) in [4.78, 5) is 0. The Morgan fingerprint density at radius 1 is 1.29 bits per heavy atom. The fourth-order valence-corrected chi connectivity index (χ4v) is 1.23. The number of benzene rings is 1. The molecule has 1 aromatic carbocycles. The lowest BCUT2D eigenvalue weighted by atomic mass is 9.79.